The van der Waals surface area contributed by atoms with E-state index in [1.54, 1.807) is 11.3 Å². The lowest BCUT2D eigenvalue weighted by Gasteiger charge is -2.35. The first kappa shape index (κ1) is 18.4. The average Bonchev–Trinajstić information content (AvgIpc) is 2.80. The fourth-order valence-corrected chi connectivity index (χ4v) is 4.65. The first-order chi connectivity index (χ1) is 12.0. The molecule has 2 aliphatic rings. The van der Waals surface area contributed by atoms with Gasteiger partial charge in [-0.1, -0.05) is 12.8 Å². The Morgan fingerprint density at radius 1 is 0.920 bits per heavy atom. The summed E-state index contributed by atoms with van der Waals surface area (Å²) in [7, 11) is 0. The van der Waals surface area contributed by atoms with Crippen LogP contribution in [-0.4, -0.2) is 72.3 Å². The summed E-state index contributed by atoms with van der Waals surface area (Å²) in [5, 5.41) is 0. The number of hydrogen-bond acceptors (Lipinski definition) is 4. The molecule has 0 atom stereocenters. The minimum absolute atomic E-state index is 0.139. The van der Waals surface area contributed by atoms with E-state index >= 15 is 0 Å². The molecule has 0 aliphatic carbocycles. The summed E-state index contributed by atoms with van der Waals surface area (Å²) in [6.07, 6.45) is 4.75. The van der Waals surface area contributed by atoms with Gasteiger partial charge in [-0.3, -0.25) is 14.5 Å². The Labute approximate surface area is 154 Å². The first-order valence-electron chi connectivity index (χ1n) is 9.41. The fraction of sp³-hybridized carbons (Fsp3) is 0.684. The molecule has 0 spiro atoms. The van der Waals surface area contributed by atoms with E-state index in [4.69, 9.17) is 0 Å². The van der Waals surface area contributed by atoms with Crippen molar-refractivity contribution in [2.45, 2.75) is 39.5 Å². The average molecular weight is 364 g/mol. The van der Waals surface area contributed by atoms with Gasteiger partial charge >= 0.3 is 0 Å². The lowest BCUT2D eigenvalue weighted by molar-refractivity contribution is -0.132. The second-order valence-electron chi connectivity index (χ2n) is 7.19. The summed E-state index contributed by atoms with van der Waals surface area (Å²) in [5.41, 5.74) is 0.844. The van der Waals surface area contributed by atoms with Crippen molar-refractivity contribution in [2.75, 3.05) is 45.8 Å². The van der Waals surface area contributed by atoms with Crippen molar-refractivity contribution >= 4 is 23.2 Å². The van der Waals surface area contributed by atoms with Crippen LogP contribution in [0.4, 0.5) is 0 Å². The minimum atomic E-state index is 0.139. The molecule has 0 unspecified atom stereocenters. The maximum absolute atomic E-state index is 12.7. The van der Waals surface area contributed by atoms with Gasteiger partial charge in [-0.2, -0.15) is 0 Å². The van der Waals surface area contributed by atoms with Gasteiger partial charge in [0.1, 0.15) is 0 Å². The number of thiophene rings is 1. The molecule has 0 bridgehead atoms. The standard InChI is InChI=1S/C19H29N3O2S/c1-15-13-17(16(2)25-15)19(24)22-11-9-20(10-12-22)14-18(23)21-7-5-3-4-6-8-21/h13H,3-12,14H2,1-2H3. The number of hydrogen-bond donors (Lipinski definition) is 0. The largest absolute Gasteiger partial charge is 0.342 e. The van der Waals surface area contributed by atoms with E-state index in [1.165, 1.54) is 17.7 Å². The zero-order chi connectivity index (χ0) is 17.8. The van der Waals surface area contributed by atoms with Crippen LogP contribution in [0.25, 0.3) is 0 Å². The molecule has 2 aliphatic heterocycles. The van der Waals surface area contributed by atoms with Crippen molar-refractivity contribution in [1.82, 2.24) is 14.7 Å². The molecule has 0 radical (unpaired) electrons. The van der Waals surface area contributed by atoms with Gasteiger partial charge in [0.15, 0.2) is 0 Å². The molecule has 3 heterocycles. The highest BCUT2D eigenvalue weighted by atomic mass is 32.1. The summed E-state index contributed by atoms with van der Waals surface area (Å²) in [4.78, 5) is 33.6. The van der Waals surface area contributed by atoms with Gasteiger partial charge < -0.3 is 9.80 Å². The highest BCUT2D eigenvalue weighted by molar-refractivity contribution is 7.12. The Kier molecular flexibility index (Phi) is 6.12. The van der Waals surface area contributed by atoms with Gasteiger partial charge in [0.2, 0.25) is 5.91 Å². The third-order valence-corrected chi connectivity index (χ3v) is 6.21. The zero-order valence-electron chi connectivity index (χ0n) is 15.4. The highest BCUT2D eigenvalue weighted by Crippen LogP contribution is 2.22. The summed E-state index contributed by atoms with van der Waals surface area (Å²) in [5.74, 6) is 0.395. The Bertz CT molecular complexity index is 612. The summed E-state index contributed by atoms with van der Waals surface area (Å²) < 4.78 is 0. The van der Waals surface area contributed by atoms with Crippen molar-refractivity contribution in [3.05, 3.63) is 21.4 Å². The molecule has 1 aromatic heterocycles. The minimum Gasteiger partial charge on any atom is -0.342 e. The first-order valence-corrected chi connectivity index (χ1v) is 10.2. The molecular weight excluding hydrogens is 334 g/mol. The van der Waals surface area contributed by atoms with Gasteiger partial charge in [0, 0.05) is 49.0 Å². The van der Waals surface area contributed by atoms with Gasteiger partial charge in [-0.15, -0.1) is 11.3 Å². The van der Waals surface area contributed by atoms with Crippen LogP contribution in [-0.2, 0) is 4.79 Å². The van der Waals surface area contributed by atoms with E-state index in [-0.39, 0.29) is 11.8 Å². The molecule has 0 N–H and O–H groups in total. The van der Waals surface area contributed by atoms with Gasteiger partial charge in [0.25, 0.3) is 5.91 Å². The van der Waals surface area contributed by atoms with Crippen LogP contribution in [0.5, 0.6) is 0 Å². The van der Waals surface area contributed by atoms with E-state index in [0.29, 0.717) is 19.6 Å². The van der Waals surface area contributed by atoms with E-state index in [1.807, 2.05) is 29.7 Å². The molecule has 138 valence electrons. The van der Waals surface area contributed by atoms with Crippen LogP contribution in [0.1, 0.15) is 45.8 Å². The number of piperazine rings is 1. The van der Waals surface area contributed by atoms with Crippen molar-refractivity contribution in [3.63, 3.8) is 0 Å². The Hall–Kier alpha value is -1.40. The van der Waals surface area contributed by atoms with Crippen molar-refractivity contribution in [1.29, 1.82) is 0 Å². The van der Waals surface area contributed by atoms with Crippen LogP contribution in [0.15, 0.2) is 6.07 Å². The molecule has 0 aromatic carbocycles. The number of carbonyl (C=O) groups is 2. The van der Waals surface area contributed by atoms with E-state index in [2.05, 4.69) is 4.90 Å². The molecule has 1 aromatic rings. The van der Waals surface area contributed by atoms with Crippen LogP contribution in [0, 0.1) is 13.8 Å². The molecule has 2 amide bonds. The smallest absolute Gasteiger partial charge is 0.255 e. The second-order valence-corrected chi connectivity index (χ2v) is 8.65. The Morgan fingerprint density at radius 3 is 2.12 bits per heavy atom. The SMILES string of the molecule is Cc1cc(C(=O)N2CCN(CC(=O)N3CCCCCC3)CC2)c(C)s1. The second kappa shape index (κ2) is 8.32. The molecule has 25 heavy (non-hydrogen) atoms. The number of amides is 2. The lowest BCUT2D eigenvalue weighted by atomic mass is 10.2. The fourth-order valence-electron chi connectivity index (χ4n) is 3.73. The summed E-state index contributed by atoms with van der Waals surface area (Å²) in [6, 6.07) is 2.00. The third-order valence-electron chi connectivity index (χ3n) is 5.25. The predicted octanol–water partition coefficient (Wildman–Crippen LogP) is 2.53. The van der Waals surface area contributed by atoms with E-state index in [0.717, 1.165) is 49.5 Å². The number of nitrogens with zero attached hydrogens (tertiary/aromatic N) is 3. The summed E-state index contributed by atoms with van der Waals surface area (Å²) in [6.45, 7) is 9.37. The molecule has 2 fully saturated rings. The predicted molar refractivity (Wildman–Crippen MR) is 101 cm³/mol. The number of aryl methyl sites for hydroxylation is 2. The molecular formula is C19H29N3O2S. The molecule has 6 heteroatoms. The van der Waals surface area contributed by atoms with Gasteiger partial charge in [-0.25, -0.2) is 0 Å². The molecule has 0 saturated carbocycles. The Balaban J connectivity index is 1.49. The number of likely N-dealkylation sites (tertiary alicyclic amines) is 1. The number of carbonyl (C=O) groups excluding carboxylic acids is 2. The van der Waals surface area contributed by atoms with E-state index < -0.39 is 0 Å². The summed E-state index contributed by atoms with van der Waals surface area (Å²) >= 11 is 1.68. The van der Waals surface area contributed by atoms with Crippen molar-refractivity contribution in [3.8, 4) is 0 Å². The zero-order valence-corrected chi connectivity index (χ0v) is 16.2. The number of rotatable bonds is 3. The quantitative estimate of drug-likeness (QED) is 0.829. The molecule has 2 saturated heterocycles. The van der Waals surface area contributed by atoms with Crippen LogP contribution in [0.3, 0.4) is 0 Å². The Morgan fingerprint density at radius 2 is 1.56 bits per heavy atom. The molecule has 3 rings (SSSR count). The van der Waals surface area contributed by atoms with Crippen LogP contribution >= 0.6 is 11.3 Å². The van der Waals surface area contributed by atoms with Crippen LogP contribution in [0.2, 0.25) is 0 Å². The van der Waals surface area contributed by atoms with Gasteiger partial charge in [-0.05, 0) is 32.8 Å². The van der Waals surface area contributed by atoms with Crippen molar-refractivity contribution in [2.24, 2.45) is 0 Å². The third kappa shape index (κ3) is 4.61. The van der Waals surface area contributed by atoms with E-state index in [9.17, 15) is 9.59 Å². The maximum atomic E-state index is 12.7. The van der Waals surface area contributed by atoms with Crippen molar-refractivity contribution < 1.29 is 9.59 Å². The molecule has 5 nitrogen and oxygen atoms in total. The van der Waals surface area contributed by atoms with Gasteiger partial charge in [0.05, 0.1) is 12.1 Å². The highest BCUT2D eigenvalue weighted by Gasteiger charge is 2.26. The lowest BCUT2D eigenvalue weighted by Crippen LogP contribution is -2.51. The maximum Gasteiger partial charge on any atom is 0.255 e. The topological polar surface area (TPSA) is 43.9 Å². The monoisotopic (exact) mass is 363 g/mol. The van der Waals surface area contributed by atoms with Crippen LogP contribution < -0.4 is 0 Å². The normalized spacial score (nSPS) is 19.8.